The smallest absolute Gasteiger partial charge is 0.339 e. The van der Waals surface area contributed by atoms with Crippen LogP contribution in [-0.4, -0.2) is 23.8 Å². The highest BCUT2D eigenvalue weighted by molar-refractivity contribution is 7.99. The second-order valence-corrected chi connectivity index (χ2v) is 4.05. The van der Waals surface area contributed by atoms with Crippen molar-refractivity contribution >= 4 is 17.7 Å². The predicted molar refractivity (Wildman–Crippen MR) is 56.7 cm³/mol. The van der Waals surface area contributed by atoms with E-state index in [1.54, 1.807) is 18.0 Å². The third-order valence-corrected chi connectivity index (χ3v) is 2.59. The molecule has 0 aliphatic heterocycles. The standard InChI is InChI=1S/C10H13NO2S/c1-4-14-9-5-7(2)8(6-11-9)10(12)13-3/h5-6H,4H2,1-3H3. The van der Waals surface area contributed by atoms with Gasteiger partial charge in [-0.2, -0.15) is 0 Å². The quantitative estimate of drug-likeness (QED) is 0.568. The van der Waals surface area contributed by atoms with Crippen LogP contribution in [0.4, 0.5) is 0 Å². The summed E-state index contributed by atoms with van der Waals surface area (Å²) >= 11 is 1.65. The number of ether oxygens (including phenoxy) is 1. The minimum atomic E-state index is -0.331. The zero-order chi connectivity index (χ0) is 10.6. The molecule has 0 fully saturated rings. The highest BCUT2D eigenvalue weighted by atomic mass is 32.2. The molecule has 1 aromatic rings. The number of hydrogen-bond donors (Lipinski definition) is 0. The number of carbonyl (C=O) groups excluding carboxylic acids is 1. The van der Waals surface area contributed by atoms with Crippen LogP contribution < -0.4 is 0 Å². The summed E-state index contributed by atoms with van der Waals surface area (Å²) in [5.74, 6) is 0.646. The van der Waals surface area contributed by atoms with Gasteiger partial charge in [-0.25, -0.2) is 9.78 Å². The van der Waals surface area contributed by atoms with Crippen LogP contribution in [0.25, 0.3) is 0 Å². The van der Waals surface area contributed by atoms with Crippen molar-refractivity contribution in [1.29, 1.82) is 0 Å². The van der Waals surface area contributed by atoms with E-state index in [9.17, 15) is 4.79 Å². The molecule has 0 saturated heterocycles. The Balaban J connectivity index is 2.95. The van der Waals surface area contributed by atoms with Gasteiger partial charge < -0.3 is 4.74 Å². The lowest BCUT2D eigenvalue weighted by Gasteiger charge is -2.04. The van der Waals surface area contributed by atoms with Crippen molar-refractivity contribution in [2.45, 2.75) is 18.9 Å². The molecule has 1 rings (SSSR count). The van der Waals surface area contributed by atoms with Gasteiger partial charge in [0.1, 0.15) is 0 Å². The van der Waals surface area contributed by atoms with E-state index in [1.165, 1.54) is 7.11 Å². The highest BCUT2D eigenvalue weighted by Crippen LogP contribution is 2.18. The number of thioether (sulfide) groups is 1. The van der Waals surface area contributed by atoms with Crippen LogP contribution in [0, 0.1) is 6.92 Å². The van der Waals surface area contributed by atoms with Crippen LogP contribution in [0.3, 0.4) is 0 Å². The van der Waals surface area contributed by atoms with E-state index in [0.717, 1.165) is 16.3 Å². The predicted octanol–water partition coefficient (Wildman–Crippen LogP) is 2.29. The number of esters is 1. The third-order valence-electron chi connectivity index (χ3n) is 1.78. The Bertz CT molecular complexity index is 339. The number of aryl methyl sites for hydroxylation is 1. The Morgan fingerprint density at radius 2 is 2.36 bits per heavy atom. The number of carbonyl (C=O) groups is 1. The van der Waals surface area contributed by atoms with Gasteiger partial charge in [0.05, 0.1) is 17.7 Å². The van der Waals surface area contributed by atoms with E-state index in [2.05, 4.69) is 16.6 Å². The van der Waals surface area contributed by atoms with Gasteiger partial charge in [0.25, 0.3) is 0 Å². The van der Waals surface area contributed by atoms with Gasteiger partial charge in [0.2, 0.25) is 0 Å². The summed E-state index contributed by atoms with van der Waals surface area (Å²) in [6.45, 7) is 3.95. The first kappa shape index (κ1) is 11.0. The largest absolute Gasteiger partial charge is 0.465 e. The Kier molecular flexibility index (Phi) is 3.95. The lowest BCUT2D eigenvalue weighted by Crippen LogP contribution is -2.04. The molecule has 3 nitrogen and oxygen atoms in total. The summed E-state index contributed by atoms with van der Waals surface area (Å²) in [7, 11) is 1.37. The van der Waals surface area contributed by atoms with Crippen LogP contribution in [-0.2, 0) is 4.74 Å². The van der Waals surface area contributed by atoms with Gasteiger partial charge in [-0.05, 0) is 24.3 Å². The molecule has 0 saturated carbocycles. The molecular weight excluding hydrogens is 198 g/mol. The lowest BCUT2D eigenvalue weighted by atomic mass is 10.2. The zero-order valence-electron chi connectivity index (χ0n) is 8.53. The Hall–Kier alpha value is -1.03. The summed E-state index contributed by atoms with van der Waals surface area (Å²) in [6, 6.07) is 1.90. The van der Waals surface area contributed by atoms with Crippen LogP contribution in [0.1, 0.15) is 22.8 Å². The Morgan fingerprint density at radius 1 is 1.64 bits per heavy atom. The molecule has 0 N–H and O–H groups in total. The van der Waals surface area contributed by atoms with E-state index in [4.69, 9.17) is 0 Å². The number of pyridine rings is 1. The van der Waals surface area contributed by atoms with Crippen molar-refractivity contribution in [1.82, 2.24) is 4.98 Å². The van der Waals surface area contributed by atoms with Crippen molar-refractivity contribution in [3.05, 3.63) is 23.4 Å². The first-order chi connectivity index (χ1) is 6.69. The molecule has 0 bridgehead atoms. The number of rotatable bonds is 3. The maximum atomic E-state index is 11.2. The number of methoxy groups -OCH3 is 1. The summed E-state index contributed by atoms with van der Waals surface area (Å²) in [4.78, 5) is 15.4. The van der Waals surface area contributed by atoms with Gasteiger partial charge in [-0.1, -0.05) is 6.92 Å². The maximum Gasteiger partial charge on any atom is 0.339 e. The van der Waals surface area contributed by atoms with Crippen LogP contribution >= 0.6 is 11.8 Å². The summed E-state index contributed by atoms with van der Waals surface area (Å²) in [5, 5.41) is 0.942. The van der Waals surface area contributed by atoms with Crippen molar-refractivity contribution in [3.8, 4) is 0 Å². The van der Waals surface area contributed by atoms with E-state index in [0.29, 0.717) is 5.56 Å². The zero-order valence-corrected chi connectivity index (χ0v) is 9.35. The minimum absolute atomic E-state index is 0.331. The van der Waals surface area contributed by atoms with Crippen molar-refractivity contribution in [2.24, 2.45) is 0 Å². The van der Waals surface area contributed by atoms with Crippen molar-refractivity contribution in [3.63, 3.8) is 0 Å². The molecule has 0 atom stereocenters. The first-order valence-electron chi connectivity index (χ1n) is 4.36. The minimum Gasteiger partial charge on any atom is -0.465 e. The average molecular weight is 211 g/mol. The van der Waals surface area contributed by atoms with Crippen LogP contribution in [0.15, 0.2) is 17.3 Å². The fourth-order valence-corrected chi connectivity index (χ4v) is 1.76. The molecule has 0 spiro atoms. The van der Waals surface area contributed by atoms with Gasteiger partial charge in [0.15, 0.2) is 0 Å². The van der Waals surface area contributed by atoms with Crippen LogP contribution in [0.5, 0.6) is 0 Å². The van der Waals surface area contributed by atoms with Gasteiger partial charge in [-0.15, -0.1) is 11.8 Å². The van der Waals surface area contributed by atoms with E-state index in [1.807, 2.05) is 13.0 Å². The summed E-state index contributed by atoms with van der Waals surface area (Å²) in [5.41, 5.74) is 1.44. The van der Waals surface area contributed by atoms with Gasteiger partial charge >= 0.3 is 5.97 Å². The highest BCUT2D eigenvalue weighted by Gasteiger charge is 2.09. The van der Waals surface area contributed by atoms with E-state index in [-0.39, 0.29) is 5.97 Å². The fourth-order valence-electron chi connectivity index (χ4n) is 1.08. The molecule has 0 unspecified atom stereocenters. The second-order valence-electron chi connectivity index (χ2n) is 2.76. The molecule has 0 aliphatic carbocycles. The SMILES string of the molecule is CCSc1cc(C)c(C(=O)OC)cn1. The molecule has 4 heteroatoms. The molecule has 76 valence electrons. The van der Waals surface area contributed by atoms with Gasteiger partial charge in [-0.3, -0.25) is 0 Å². The summed E-state index contributed by atoms with van der Waals surface area (Å²) in [6.07, 6.45) is 1.57. The lowest BCUT2D eigenvalue weighted by molar-refractivity contribution is 0.0599. The number of hydrogen-bond acceptors (Lipinski definition) is 4. The van der Waals surface area contributed by atoms with E-state index >= 15 is 0 Å². The number of aromatic nitrogens is 1. The molecule has 0 aliphatic rings. The molecule has 0 aromatic carbocycles. The second kappa shape index (κ2) is 5.00. The van der Waals surface area contributed by atoms with Gasteiger partial charge in [0, 0.05) is 6.20 Å². The molecule has 0 radical (unpaired) electrons. The monoisotopic (exact) mass is 211 g/mol. The molecule has 0 amide bonds. The van der Waals surface area contributed by atoms with Crippen LogP contribution in [0.2, 0.25) is 0 Å². The molecule has 14 heavy (non-hydrogen) atoms. The third kappa shape index (κ3) is 2.48. The topological polar surface area (TPSA) is 39.2 Å². The Labute approximate surface area is 87.9 Å². The van der Waals surface area contributed by atoms with Crippen molar-refractivity contribution in [2.75, 3.05) is 12.9 Å². The first-order valence-corrected chi connectivity index (χ1v) is 5.35. The molecule has 1 aromatic heterocycles. The van der Waals surface area contributed by atoms with Crippen molar-refractivity contribution < 1.29 is 9.53 Å². The summed E-state index contributed by atoms with van der Waals surface area (Å²) < 4.78 is 4.63. The molecular formula is C10H13NO2S. The maximum absolute atomic E-state index is 11.2. The van der Waals surface area contributed by atoms with E-state index < -0.39 is 0 Å². The normalized spacial score (nSPS) is 9.93. The fraction of sp³-hybridized carbons (Fsp3) is 0.400. The average Bonchev–Trinajstić information content (AvgIpc) is 2.17. The molecule has 1 heterocycles. The Morgan fingerprint density at radius 3 is 2.86 bits per heavy atom. The number of nitrogens with zero attached hydrogens (tertiary/aromatic N) is 1.